The van der Waals surface area contributed by atoms with Crippen LogP contribution < -0.4 is 10.6 Å². The molecule has 0 saturated carbocycles. The number of para-hydroxylation sites is 1. The molecule has 2 rings (SSSR count). The Morgan fingerprint density at radius 2 is 2.22 bits per heavy atom. The minimum absolute atomic E-state index is 0.0334. The summed E-state index contributed by atoms with van der Waals surface area (Å²) in [6.45, 7) is 5.53. The predicted molar refractivity (Wildman–Crippen MR) is 71.9 cm³/mol. The van der Waals surface area contributed by atoms with Crippen LogP contribution >= 0.6 is 0 Å². The largest absolute Gasteiger partial charge is 0.385 e. The highest BCUT2D eigenvalue weighted by Crippen LogP contribution is 2.17. The van der Waals surface area contributed by atoms with Gasteiger partial charge in [0.25, 0.3) is 5.91 Å². The second-order valence-corrected chi connectivity index (χ2v) is 4.52. The molecule has 1 amide bonds. The van der Waals surface area contributed by atoms with Gasteiger partial charge >= 0.3 is 0 Å². The van der Waals surface area contributed by atoms with Crippen molar-refractivity contribution < 1.29 is 9.53 Å². The van der Waals surface area contributed by atoms with Crippen molar-refractivity contribution in [1.29, 1.82) is 0 Å². The lowest BCUT2D eigenvalue weighted by Crippen LogP contribution is -2.39. The van der Waals surface area contributed by atoms with Gasteiger partial charge in [-0.25, -0.2) is 0 Å². The molecule has 0 radical (unpaired) electrons. The highest BCUT2D eigenvalue weighted by molar-refractivity contribution is 5.99. The van der Waals surface area contributed by atoms with Gasteiger partial charge in [0.1, 0.15) is 0 Å². The molecule has 4 heteroatoms. The Morgan fingerprint density at radius 3 is 2.89 bits per heavy atom. The fourth-order valence-corrected chi connectivity index (χ4v) is 2.19. The molecule has 1 aromatic carbocycles. The van der Waals surface area contributed by atoms with Gasteiger partial charge in [0, 0.05) is 18.8 Å². The van der Waals surface area contributed by atoms with E-state index >= 15 is 0 Å². The van der Waals surface area contributed by atoms with E-state index < -0.39 is 0 Å². The lowest BCUT2D eigenvalue weighted by atomic mass is 10.1. The predicted octanol–water partition coefficient (Wildman–Crippen LogP) is 2.03. The molecule has 0 aromatic heterocycles. The van der Waals surface area contributed by atoms with Crippen molar-refractivity contribution in [2.45, 2.75) is 32.4 Å². The molecule has 4 nitrogen and oxygen atoms in total. The van der Waals surface area contributed by atoms with E-state index in [0.717, 1.165) is 25.3 Å². The van der Waals surface area contributed by atoms with Crippen LogP contribution in [0.15, 0.2) is 24.3 Å². The summed E-state index contributed by atoms with van der Waals surface area (Å²) >= 11 is 0. The molecule has 1 aromatic rings. The lowest BCUT2D eigenvalue weighted by Gasteiger charge is -2.17. The van der Waals surface area contributed by atoms with Crippen molar-refractivity contribution in [2.24, 2.45) is 0 Å². The number of amides is 1. The first kappa shape index (κ1) is 12.9. The first-order valence-electron chi connectivity index (χ1n) is 6.47. The Labute approximate surface area is 108 Å². The zero-order valence-corrected chi connectivity index (χ0v) is 10.9. The molecule has 0 bridgehead atoms. The summed E-state index contributed by atoms with van der Waals surface area (Å²) in [6, 6.07) is 7.69. The Bertz CT molecular complexity index is 420. The number of benzene rings is 1. The summed E-state index contributed by atoms with van der Waals surface area (Å²) in [5.41, 5.74) is 1.57. The van der Waals surface area contributed by atoms with Gasteiger partial charge in [0.05, 0.1) is 17.7 Å². The molecule has 2 atom stereocenters. The zero-order valence-electron chi connectivity index (χ0n) is 10.9. The smallest absolute Gasteiger partial charge is 0.253 e. The highest BCUT2D eigenvalue weighted by Gasteiger charge is 2.26. The van der Waals surface area contributed by atoms with Crippen molar-refractivity contribution >= 4 is 11.6 Å². The van der Waals surface area contributed by atoms with E-state index in [9.17, 15) is 4.79 Å². The molecule has 98 valence electrons. The van der Waals surface area contributed by atoms with Crippen LogP contribution in [0, 0.1) is 0 Å². The molecule has 1 saturated heterocycles. The zero-order chi connectivity index (χ0) is 13.0. The lowest BCUT2D eigenvalue weighted by molar-refractivity contribution is 0.0867. The number of anilines is 1. The van der Waals surface area contributed by atoms with Gasteiger partial charge in [-0.05, 0) is 32.4 Å². The number of rotatable bonds is 4. The normalized spacial score (nSPS) is 22.8. The molecule has 0 aliphatic carbocycles. The first-order chi connectivity index (χ1) is 8.72. The van der Waals surface area contributed by atoms with Gasteiger partial charge in [0.2, 0.25) is 0 Å². The van der Waals surface area contributed by atoms with Crippen LogP contribution in [0.1, 0.15) is 30.6 Å². The fourth-order valence-electron chi connectivity index (χ4n) is 2.19. The van der Waals surface area contributed by atoms with Crippen molar-refractivity contribution in [2.75, 3.05) is 18.5 Å². The van der Waals surface area contributed by atoms with Crippen molar-refractivity contribution in [3.05, 3.63) is 29.8 Å². The van der Waals surface area contributed by atoms with Crippen LogP contribution in [-0.2, 0) is 4.74 Å². The summed E-state index contributed by atoms with van der Waals surface area (Å²) in [5.74, 6) is -0.0334. The molecular weight excluding hydrogens is 228 g/mol. The Kier molecular flexibility index (Phi) is 4.20. The molecule has 0 spiro atoms. The molecule has 18 heavy (non-hydrogen) atoms. The molecule has 1 aliphatic heterocycles. The summed E-state index contributed by atoms with van der Waals surface area (Å²) in [6.07, 6.45) is 0.983. The third-order valence-corrected chi connectivity index (χ3v) is 3.23. The standard InChI is InChI=1S/C14H20N2O2/c1-3-15-13-7-5-4-6-11(13)14(17)16-12-8-9-18-10(12)2/h4-7,10,12,15H,3,8-9H2,1-2H3,(H,16,17). The molecule has 2 N–H and O–H groups in total. The first-order valence-corrected chi connectivity index (χ1v) is 6.47. The van der Waals surface area contributed by atoms with E-state index in [0.29, 0.717) is 5.56 Å². The van der Waals surface area contributed by atoms with E-state index in [1.807, 2.05) is 38.1 Å². The summed E-state index contributed by atoms with van der Waals surface area (Å²) in [4.78, 5) is 12.2. The molecule has 1 fully saturated rings. The second-order valence-electron chi connectivity index (χ2n) is 4.52. The van der Waals surface area contributed by atoms with Gasteiger partial charge in [-0.3, -0.25) is 4.79 Å². The summed E-state index contributed by atoms with van der Waals surface area (Å²) in [7, 11) is 0. The minimum Gasteiger partial charge on any atom is -0.385 e. The van der Waals surface area contributed by atoms with E-state index in [-0.39, 0.29) is 18.1 Å². The molecule has 2 unspecified atom stereocenters. The maximum Gasteiger partial charge on any atom is 0.253 e. The van der Waals surface area contributed by atoms with Crippen LogP contribution in [0.2, 0.25) is 0 Å². The number of carbonyl (C=O) groups excluding carboxylic acids is 1. The monoisotopic (exact) mass is 248 g/mol. The number of ether oxygens (including phenoxy) is 1. The molecular formula is C14H20N2O2. The average Bonchev–Trinajstić information content (AvgIpc) is 2.76. The topological polar surface area (TPSA) is 50.4 Å². The number of carbonyl (C=O) groups is 1. The highest BCUT2D eigenvalue weighted by atomic mass is 16.5. The van der Waals surface area contributed by atoms with Crippen molar-refractivity contribution in [3.63, 3.8) is 0 Å². The maximum atomic E-state index is 12.2. The van der Waals surface area contributed by atoms with Crippen LogP contribution in [-0.4, -0.2) is 31.2 Å². The quantitative estimate of drug-likeness (QED) is 0.857. The Morgan fingerprint density at radius 1 is 1.44 bits per heavy atom. The SMILES string of the molecule is CCNc1ccccc1C(=O)NC1CCOC1C. The number of nitrogens with one attached hydrogen (secondary N) is 2. The Hall–Kier alpha value is -1.55. The van der Waals surface area contributed by atoms with Gasteiger partial charge in [0.15, 0.2) is 0 Å². The van der Waals surface area contributed by atoms with Gasteiger partial charge in [-0.15, -0.1) is 0 Å². The van der Waals surface area contributed by atoms with Crippen molar-refractivity contribution in [1.82, 2.24) is 5.32 Å². The van der Waals surface area contributed by atoms with E-state index in [4.69, 9.17) is 4.74 Å². The van der Waals surface area contributed by atoms with Crippen LogP contribution in [0.5, 0.6) is 0 Å². The van der Waals surface area contributed by atoms with Crippen LogP contribution in [0.3, 0.4) is 0 Å². The second kappa shape index (κ2) is 5.87. The van der Waals surface area contributed by atoms with E-state index in [1.54, 1.807) is 0 Å². The summed E-state index contributed by atoms with van der Waals surface area (Å²) in [5, 5.41) is 6.24. The third-order valence-electron chi connectivity index (χ3n) is 3.23. The van der Waals surface area contributed by atoms with Gasteiger partial charge in [-0.2, -0.15) is 0 Å². The van der Waals surface area contributed by atoms with Crippen LogP contribution in [0.25, 0.3) is 0 Å². The summed E-state index contributed by atoms with van der Waals surface area (Å²) < 4.78 is 5.45. The van der Waals surface area contributed by atoms with Crippen molar-refractivity contribution in [3.8, 4) is 0 Å². The fraction of sp³-hybridized carbons (Fsp3) is 0.500. The minimum atomic E-state index is -0.0334. The van der Waals surface area contributed by atoms with E-state index in [2.05, 4.69) is 10.6 Å². The van der Waals surface area contributed by atoms with E-state index in [1.165, 1.54) is 0 Å². The average molecular weight is 248 g/mol. The number of hydrogen-bond acceptors (Lipinski definition) is 3. The molecule has 1 aliphatic rings. The Balaban J connectivity index is 2.08. The number of hydrogen-bond donors (Lipinski definition) is 2. The maximum absolute atomic E-state index is 12.2. The van der Waals surface area contributed by atoms with Gasteiger partial charge in [-0.1, -0.05) is 12.1 Å². The third kappa shape index (κ3) is 2.82. The van der Waals surface area contributed by atoms with Gasteiger partial charge < -0.3 is 15.4 Å². The molecule has 1 heterocycles. The van der Waals surface area contributed by atoms with Crippen LogP contribution in [0.4, 0.5) is 5.69 Å².